The molecule has 2 aromatic carbocycles. The number of fused-ring (bicyclic) bond motifs is 1. The first-order valence-electron chi connectivity index (χ1n) is 6.97. The van der Waals surface area contributed by atoms with Gasteiger partial charge in [0.05, 0.1) is 11.1 Å². The number of hydrogen-bond donors (Lipinski definition) is 2. The van der Waals surface area contributed by atoms with Gasteiger partial charge in [-0.25, -0.2) is 4.79 Å². The molecule has 0 saturated carbocycles. The van der Waals surface area contributed by atoms with Crippen LogP contribution in [0.4, 0.5) is 5.69 Å². The molecule has 23 heavy (non-hydrogen) atoms. The monoisotopic (exact) mass is 307 g/mol. The molecule has 1 aliphatic carbocycles. The summed E-state index contributed by atoms with van der Waals surface area (Å²) in [4.78, 5) is 35.8. The molecule has 5 heteroatoms. The van der Waals surface area contributed by atoms with Crippen LogP contribution in [-0.4, -0.2) is 29.7 Å². The van der Waals surface area contributed by atoms with Crippen LogP contribution < -0.4 is 5.32 Å². The van der Waals surface area contributed by atoms with Gasteiger partial charge < -0.3 is 10.4 Å². The molecule has 1 aliphatic rings. The van der Waals surface area contributed by atoms with Gasteiger partial charge in [0, 0.05) is 23.9 Å². The summed E-state index contributed by atoms with van der Waals surface area (Å²) in [6.45, 7) is 0. The fraction of sp³-hybridized carbons (Fsp3) is 0.0556. The summed E-state index contributed by atoms with van der Waals surface area (Å²) < 4.78 is 0. The van der Waals surface area contributed by atoms with Crippen LogP contribution in [0.3, 0.4) is 0 Å². The average Bonchev–Trinajstić information content (AvgIpc) is 2.80. The van der Waals surface area contributed by atoms with Crippen molar-refractivity contribution in [1.29, 1.82) is 0 Å². The van der Waals surface area contributed by atoms with Gasteiger partial charge in [-0.2, -0.15) is 0 Å². The van der Waals surface area contributed by atoms with Crippen LogP contribution in [0.15, 0.2) is 48.0 Å². The van der Waals surface area contributed by atoms with Crippen LogP contribution >= 0.6 is 0 Å². The number of hydrogen-bond acceptors (Lipinski definition) is 4. The first-order valence-corrected chi connectivity index (χ1v) is 6.97. The van der Waals surface area contributed by atoms with Crippen LogP contribution in [-0.2, 0) is 0 Å². The topological polar surface area (TPSA) is 83.5 Å². The Hall–Kier alpha value is -3.21. The molecule has 0 amide bonds. The second-order valence-electron chi connectivity index (χ2n) is 5.15. The average molecular weight is 307 g/mol. The van der Waals surface area contributed by atoms with Gasteiger partial charge in [0.1, 0.15) is 0 Å². The van der Waals surface area contributed by atoms with Crippen LogP contribution in [0.1, 0.15) is 36.6 Å². The highest BCUT2D eigenvalue weighted by molar-refractivity contribution is 6.41. The maximum Gasteiger partial charge on any atom is 0.335 e. The van der Waals surface area contributed by atoms with E-state index in [2.05, 4.69) is 5.32 Å². The molecule has 0 atom stereocenters. The Balaban J connectivity index is 2.02. The zero-order valence-electron chi connectivity index (χ0n) is 12.3. The molecule has 0 aromatic heterocycles. The molecule has 0 bridgehead atoms. The summed E-state index contributed by atoms with van der Waals surface area (Å²) in [5.41, 5.74) is 2.09. The number of carbonyl (C=O) groups excluding carboxylic acids is 2. The number of carboxylic acids is 1. The van der Waals surface area contributed by atoms with Crippen molar-refractivity contribution in [3.05, 3.63) is 70.3 Å². The number of nitrogens with one attached hydrogen (secondary N) is 1. The third kappa shape index (κ3) is 2.53. The molecular weight excluding hydrogens is 294 g/mol. The van der Waals surface area contributed by atoms with E-state index in [1.54, 1.807) is 19.2 Å². The van der Waals surface area contributed by atoms with E-state index in [9.17, 15) is 14.4 Å². The van der Waals surface area contributed by atoms with E-state index in [-0.39, 0.29) is 28.0 Å². The minimum Gasteiger partial charge on any atom is -0.478 e. The largest absolute Gasteiger partial charge is 0.478 e. The van der Waals surface area contributed by atoms with Gasteiger partial charge in [0.15, 0.2) is 11.6 Å². The van der Waals surface area contributed by atoms with E-state index in [0.717, 1.165) is 11.3 Å². The normalized spacial score (nSPS) is 14.9. The van der Waals surface area contributed by atoms with Gasteiger partial charge in [-0.3, -0.25) is 9.59 Å². The van der Waals surface area contributed by atoms with Gasteiger partial charge in [-0.05, 0) is 42.0 Å². The molecule has 114 valence electrons. The van der Waals surface area contributed by atoms with E-state index < -0.39 is 11.8 Å². The summed E-state index contributed by atoms with van der Waals surface area (Å²) in [7, 11) is 1.80. The first kappa shape index (κ1) is 14.7. The summed E-state index contributed by atoms with van der Waals surface area (Å²) >= 11 is 0. The smallest absolute Gasteiger partial charge is 0.335 e. The van der Waals surface area contributed by atoms with Crippen molar-refractivity contribution in [1.82, 2.24) is 0 Å². The fourth-order valence-electron chi connectivity index (χ4n) is 2.50. The lowest BCUT2D eigenvalue weighted by atomic mass is 10.1. The number of anilines is 1. The van der Waals surface area contributed by atoms with E-state index in [1.165, 1.54) is 24.3 Å². The van der Waals surface area contributed by atoms with E-state index >= 15 is 0 Å². The van der Waals surface area contributed by atoms with Gasteiger partial charge in [-0.15, -0.1) is 0 Å². The molecule has 0 fully saturated rings. The second-order valence-corrected chi connectivity index (χ2v) is 5.15. The third-order valence-electron chi connectivity index (χ3n) is 3.76. The number of aromatic carboxylic acids is 1. The van der Waals surface area contributed by atoms with Crippen LogP contribution in [0.2, 0.25) is 0 Å². The number of ketones is 2. The summed E-state index contributed by atoms with van der Waals surface area (Å²) in [6, 6.07) is 11.2. The number of carbonyl (C=O) groups is 3. The number of rotatable bonds is 3. The first-order chi connectivity index (χ1) is 11.0. The summed E-state index contributed by atoms with van der Waals surface area (Å²) in [6.07, 6.45) is 1.53. The molecule has 5 nitrogen and oxygen atoms in total. The number of benzene rings is 2. The zero-order chi connectivity index (χ0) is 16.6. The molecule has 0 radical (unpaired) electrons. The Morgan fingerprint density at radius 3 is 2.26 bits per heavy atom. The highest BCUT2D eigenvalue weighted by Gasteiger charge is 2.33. The van der Waals surface area contributed by atoms with Crippen LogP contribution in [0, 0.1) is 0 Å². The summed E-state index contributed by atoms with van der Waals surface area (Å²) in [5.74, 6) is -1.95. The van der Waals surface area contributed by atoms with Gasteiger partial charge in [0.25, 0.3) is 0 Å². The molecule has 0 saturated heterocycles. The van der Waals surface area contributed by atoms with Gasteiger partial charge in [-0.1, -0.05) is 12.1 Å². The minimum atomic E-state index is -1.13. The Morgan fingerprint density at radius 1 is 1.00 bits per heavy atom. The summed E-state index contributed by atoms with van der Waals surface area (Å²) in [5, 5.41) is 12.0. The van der Waals surface area contributed by atoms with Crippen molar-refractivity contribution in [3.8, 4) is 0 Å². The molecule has 2 aromatic rings. The predicted octanol–water partition coefficient (Wildman–Crippen LogP) is 2.89. The second kappa shape index (κ2) is 5.53. The SMILES string of the molecule is CNc1ccc(/C=C2\C(=O)c3ccc(C(=O)O)cc3C2=O)cc1. The van der Waals surface area contributed by atoms with E-state index in [1.807, 2.05) is 12.1 Å². The molecule has 0 spiro atoms. The zero-order valence-corrected chi connectivity index (χ0v) is 12.3. The van der Waals surface area contributed by atoms with Crippen molar-refractivity contribution in [2.45, 2.75) is 0 Å². The van der Waals surface area contributed by atoms with Crippen molar-refractivity contribution in [2.24, 2.45) is 0 Å². The molecule has 0 unspecified atom stereocenters. The van der Waals surface area contributed by atoms with Crippen molar-refractivity contribution in [3.63, 3.8) is 0 Å². The number of Topliss-reactive ketones (excluding diaryl/α,β-unsaturated/α-hetero) is 2. The quantitative estimate of drug-likeness (QED) is 0.673. The Labute approximate surface area is 132 Å². The number of allylic oxidation sites excluding steroid dienone is 1. The number of carboxylic acid groups (broad SMARTS) is 1. The van der Waals surface area contributed by atoms with Gasteiger partial charge in [0.2, 0.25) is 0 Å². The van der Waals surface area contributed by atoms with Crippen molar-refractivity contribution in [2.75, 3.05) is 12.4 Å². The Bertz CT molecular complexity index is 863. The Kier molecular flexibility index (Phi) is 3.54. The molecule has 2 N–H and O–H groups in total. The lowest BCUT2D eigenvalue weighted by Gasteiger charge is -2.00. The molecule has 0 aliphatic heterocycles. The minimum absolute atomic E-state index is 0.00970. The van der Waals surface area contributed by atoms with E-state index in [4.69, 9.17) is 5.11 Å². The lowest BCUT2D eigenvalue weighted by molar-refractivity contribution is 0.0696. The van der Waals surface area contributed by atoms with Crippen LogP contribution in [0.25, 0.3) is 6.08 Å². The third-order valence-corrected chi connectivity index (χ3v) is 3.76. The van der Waals surface area contributed by atoms with Crippen LogP contribution in [0.5, 0.6) is 0 Å². The Morgan fingerprint density at radius 2 is 1.65 bits per heavy atom. The predicted molar refractivity (Wildman–Crippen MR) is 86.0 cm³/mol. The highest BCUT2D eigenvalue weighted by atomic mass is 16.4. The molecule has 0 heterocycles. The highest BCUT2D eigenvalue weighted by Crippen LogP contribution is 2.29. The van der Waals surface area contributed by atoms with Crippen molar-refractivity contribution < 1.29 is 19.5 Å². The standard InChI is InChI=1S/C18H13NO4/c1-19-12-5-2-10(3-6-12)8-15-16(20)13-7-4-11(18(22)23)9-14(13)17(15)21/h2-9,19H,1H3,(H,22,23)/b15-8+. The fourth-order valence-corrected chi connectivity index (χ4v) is 2.50. The lowest BCUT2D eigenvalue weighted by Crippen LogP contribution is -2.01. The van der Waals surface area contributed by atoms with Gasteiger partial charge >= 0.3 is 5.97 Å². The maximum atomic E-state index is 12.4. The molecular formula is C18H13NO4. The maximum absolute atomic E-state index is 12.4. The molecule has 3 rings (SSSR count). The van der Waals surface area contributed by atoms with E-state index in [0.29, 0.717) is 0 Å². The van der Waals surface area contributed by atoms with Crippen molar-refractivity contribution >= 4 is 29.3 Å².